The van der Waals surface area contributed by atoms with Crippen molar-refractivity contribution in [2.75, 3.05) is 19.8 Å². The van der Waals surface area contributed by atoms with Crippen LogP contribution in [0.2, 0.25) is 0 Å². The fraction of sp³-hybridized carbons (Fsp3) is 0.846. The summed E-state index contributed by atoms with van der Waals surface area (Å²) < 4.78 is 5.26. The maximum absolute atomic E-state index is 12.4. The van der Waals surface area contributed by atoms with Crippen LogP contribution in [0.15, 0.2) is 0 Å². The van der Waals surface area contributed by atoms with Gasteiger partial charge in [0.2, 0.25) is 5.91 Å². The number of carboxylic acid groups (broad SMARTS) is 1. The summed E-state index contributed by atoms with van der Waals surface area (Å²) in [7, 11) is 0. The van der Waals surface area contributed by atoms with Crippen LogP contribution in [0.5, 0.6) is 0 Å². The Bertz CT molecular complexity index is 312. The maximum Gasteiger partial charge on any atom is 0.303 e. The molecule has 5 heteroatoms. The Morgan fingerprint density at radius 1 is 1.28 bits per heavy atom. The SMILES string of the molecule is O=C(O)CC[C@@H]1CCCCN1C(=O)[C@H]1CCOC1. The smallest absolute Gasteiger partial charge is 0.303 e. The van der Waals surface area contributed by atoms with Crippen LogP contribution in [-0.2, 0) is 14.3 Å². The van der Waals surface area contributed by atoms with Gasteiger partial charge in [-0.15, -0.1) is 0 Å². The average molecular weight is 255 g/mol. The lowest BCUT2D eigenvalue weighted by molar-refractivity contribution is -0.142. The van der Waals surface area contributed by atoms with Crippen molar-refractivity contribution in [1.29, 1.82) is 0 Å². The number of carboxylic acids is 1. The molecular weight excluding hydrogens is 234 g/mol. The van der Waals surface area contributed by atoms with Crippen LogP contribution in [-0.4, -0.2) is 47.7 Å². The number of carbonyl (C=O) groups is 2. The van der Waals surface area contributed by atoms with Gasteiger partial charge in [0.05, 0.1) is 12.5 Å². The fourth-order valence-corrected chi connectivity index (χ4v) is 2.84. The highest BCUT2D eigenvalue weighted by molar-refractivity contribution is 5.79. The van der Waals surface area contributed by atoms with Crippen molar-refractivity contribution in [1.82, 2.24) is 4.90 Å². The van der Waals surface area contributed by atoms with E-state index < -0.39 is 5.97 Å². The standard InChI is InChI=1S/C13H21NO4/c15-12(16)5-4-11-3-1-2-7-14(11)13(17)10-6-8-18-9-10/h10-11H,1-9H2,(H,15,16)/t10-,11-/m0/s1. The third-order valence-corrected chi connectivity index (χ3v) is 3.88. The molecule has 0 aromatic rings. The summed E-state index contributed by atoms with van der Waals surface area (Å²) in [6.45, 7) is 1.98. The first-order valence-electron chi connectivity index (χ1n) is 6.78. The molecule has 1 amide bonds. The maximum atomic E-state index is 12.4. The van der Waals surface area contributed by atoms with E-state index in [1.807, 2.05) is 4.90 Å². The van der Waals surface area contributed by atoms with Crippen molar-refractivity contribution in [3.8, 4) is 0 Å². The number of rotatable bonds is 4. The fourth-order valence-electron chi connectivity index (χ4n) is 2.84. The monoisotopic (exact) mass is 255 g/mol. The van der Waals surface area contributed by atoms with E-state index in [2.05, 4.69) is 0 Å². The molecule has 18 heavy (non-hydrogen) atoms. The summed E-state index contributed by atoms with van der Waals surface area (Å²) in [5, 5.41) is 8.76. The van der Waals surface area contributed by atoms with E-state index in [1.165, 1.54) is 0 Å². The van der Waals surface area contributed by atoms with Gasteiger partial charge in [-0.3, -0.25) is 9.59 Å². The molecule has 0 aliphatic carbocycles. The van der Waals surface area contributed by atoms with E-state index in [9.17, 15) is 9.59 Å². The van der Waals surface area contributed by atoms with Crippen molar-refractivity contribution < 1.29 is 19.4 Å². The Balaban J connectivity index is 1.93. The van der Waals surface area contributed by atoms with Crippen molar-refractivity contribution in [2.24, 2.45) is 5.92 Å². The minimum absolute atomic E-state index is 0.00423. The van der Waals surface area contributed by atoms with Gasteiger partial charge < -0.3 is 14.7 Å². The summed E-state index contributed by atoms with van der Waals surface area (Å²) in [5.74, 6) is -0.616. The molecular formula is C13H21NO4. The number of likely N-dealkylation sites (tertiary alicyclic amines) is 1. The van der Waals surface area contributed by atoms with E-state index in [4.69, 9.17) is 9.84 Å². The van der Waals surface area contributed by atoms with Crippen molar-refractivity contribution in [2.45, 2.75) is 44.6 Å². The van der Waals surface area contributed by atoms with Crippen LogP contribution < -0.4 is 0 Å². The van der Waals surface area contributed by atoms with Crippen molar-refractivity contribution in [3.63, 3.8) is 0 Å². The molecule has 102 valence electrons. The van der Waals surface area contributed by atoms with Crippen LogP contribution >= 0.6 is 0 Å². The lowest BCUT2D eigenvalue weighted by Crippen LogP contribution is -2.46. The number of nitrogens with zero attached hydrogens (tertiary/aromatic N) is 1. The molecule has 2 saturated heterocycles. The van der Waals surface area contributed by atoms with Gasteiger partial charge in [0, 0.05) is 25.6 Å². The first-order chi connectivity index (χ1) is 8.68. The highest BCUT2D eigenvalue weighted by Crippen LogP contribution is 2.25. The van der Waals surface area contributed by atoms with Gasteiger partial charge in [-0.1, -0.05) is 0 Å². The number of ether oxygens (including phenoxy) is 1. The predicted octanol–water partition coefficient (Wildman–Crippen LogP) is 1.27. The molecule has 2 aliphatic heterocycles. The number of hydrogen-bond acceptors (Lipinski definition) is 3. The van der Waals surface area contributed by atoms with Crippen LogP contribution in [0.3, 0.4) is 0 Å². The number of amides is 1. The van der Waals surface area contributed by atoms with Gasteiger partial charge >= 0.3 is 5.97 Å². The lowest BCUT2D eigenvalue weighted by atomic mass is 9.95. The number of piperidine rings is 1. The van der Waals surface area contributed by atoms with Gasteiger partial charge in [0.15, 0.2) is 0 Å². The van der Waals surface area contributed by atoms with Gasteiger partial charge in [0.25, 0.3) is 0 Å². The Labute approximate surface area is 107 Å². The second kappa shape index (κ2) is 6.18. The second-order valence-electron chi connectivity index (χ2n) is 5.17. The minimum atomic E-state index is -0.780. The molecule has 0 unspecified atom stereocenters. The molecule has 0 bridgehead atoms. The molecule has 2 heterocycles. The normalized spacial score (nSPS) is 28.3. The number of carbonyl (C=O) groups excluding carboxylic acids is 1. The zero-order chi connectivity index (χ0) is 13.0. The van der Waals surface area contributed by atoms with E-state index in [0.29, 0.717) is 19.6 Å². The zero-order valence-electron chi connectivity index (χ0n) is 10.6. The molecule has 0 radical (unpaired) electrons. The molecule has 1 N–H and O–H groups in total. The molecule has 2 atom stereocenters. The van der Waals surface area contributed by atoms with Crippen LogP contribution in [0.1, 0.15) is 38.5 Å². The van der Waals surface area contributed by atoms with E-state index in [0.717, 1.165) is 32.2 Å². The first-order valence-corrected chi connectivity index (χ1v) is 6.78. The van der Waals surface area contributed by atoms with Gasteiger partial charge in [-0.05, 0) is 32.1 Å². The number of aliphatic carboxylic acids is 1. The molecule has 2 fully saturated rings. The zero-order valence-corrected chi connectivity index (χ0v) is 10.6. The average Bonchev–Trinajstić information content (AvgIpc) is 2.89. The van der Waals surface area contributed by atoms with Crippen molar-refractivity contribution in [3.05, 3.63) is 0 Å². The number of hydrogen-bond donors (Lipinski definition) is 1. The van der Waals surface area contributed by atoms with Crippen molar-refractivity contribution >= 4 is 11.9 Å². The largest absolute Gasteiger partial charge is 0.481 e. The van der Waals surface area contributed by atoms with E-state index in [-0.39, 0.29) is 24.3 Å². The quantitative estimate of drug-likeness (QED) is 0.821. The first kappa shape index (κ1) is 13.3. The summed E-state index contributed by atoms with van der Waals surface area (Å²) in [6.07, 6.45) is 4.59. The summed E-state index contributed by atoms with van der Waals surface area (Å²) in [4.78, 5) is 24.9. The topological polar surface area (TPSA) is 66.8 Å². The molecule has 2 rings (SSSR count). The minimum Gasteiger partial charge on any atom is -0.481 e. The molecule has 0 aromatic carbocycles. The van der Waals surface area contributed by atoms with Gasteiger partial charge in [0.1, 0.15) is 0 Å². The molecule has 5 nitrogen and oxygen atoms in total. The third-order valence-electron chi connectivity index (χ3n) is 3.88. The molecule has 0 saturated carbocycles. The summed E-state index contributed by atoms with van der Waals surface area (Å²) in [6, 6.07) is 0.114. The van der Waals surface area contributed by atoms with Crippen LogP contribution in [0.4, 0.5) is 0 Å². The highest BCUT2D eigenvalue weighted by Gasteiger charge is 2.33. The Hall–Kier alpha value is -1.10. The van der Waals surface area contributed by atoms with Gasteiger partial charge in [-0.25, -0.2) is 0 Å². The Morgan fingerprint density at radius 3 is 2.78 bits per heavy atom. The van der Waals surface area contributed by atoms with E-state index >= 15 is 0 Å². The molecule has 0 aromatic heterocycles. The van der Waals surface area contributed by atoms with Crippen LogP contribution in [0.25, 0.3) is 0 Å². The third kappa shape index (κ3) is 3.22. The highest BCUT2D eigenvalue weighted by atomic mass is 16.5. The van der Waals surface area contributed by atoms with Gasteiger partial charge in [-0.2, -0.15) is 0 Å². The molecule has 2 aliphatic rings. The summed E-state index contributed by atoms with van der Waals surface area (Å²) in [5.41, 5.74) is 0. The predicted molar refractivity (Wildman–Crippen MR) is 65.1 cm³/mol. The van der Waals surface area contributed by atoms with Crippen LogP contribution in [0, 0.1) is 5.92 Å². The second-order valence-corrected chi connectivity index (χ2v) is 5.17. The molecule has 0 spiro atoms. The Kier molecular flexibility index (Phi) is 4.58. The summed E-state index contributed by atoms with van der Waals surface area (Å²) >= 11 is 0. The lowest BCUT2D eigenvalue weighted by Gasteiger charge is -2.37. The Morgan fingerprint density at radius 2 is 2.11 bits per heavy atom. The van der Waals surface area contributed by atoms with E-state index in [1.54, 1.807) is 0 Å².